The number of rotatable bonds is 9. The molecule has 5 rings (SSSR count). The molecule has 0 bridgehead atoms. The number of sulfonamides is 1. The first-order chi connectivity index (χ1) is 19.3. The summed E-state index contributed by atoms with van der Waals surface area (Å²) in [6.45, 7) is 3.47. The van der Waals surface area contributed by atoms with E-state index in [0.29, 0.717) is 17.2 Å². The molecule has 1 aliphatic rings. The molecule has 0 aliphatic heterocycles. The quantitative estimate of drug-likeness (QED) is 0.249. The van der Waals surface area contributed by atoms with Crippen LogP contribution in [0.1, 0.15) is 48.1 Å². The molecule has 1 N–H and O–H groups in total. The highest BCUT2D eigenvalue weighted by Gasteiger charge is 2.28. The molecule has 4 aromatic carbocycles. The molecule has 40 heavy (non-hydrogen) atoms. The van der Waals surface area contributed by atoms with Crippen LogP contribution in [0, 0.1) is 6.92 Å². The summed E-state index contributed by atoms with van der Waals surface area (Å²) >= 11 is 0. The molecule has 6 nitrogen and oxygen atoms in total. The highest BCUT2D eigenvalue weighted by molar-refractivity contribution is 7.92. The van der Waals surface area contributed by atoms with Gasteiger partial charge in [0.25, 0.3) is 10.0 Å². The number of para-hydroxylation sites is 1. The summed E-state index contributed by atoms with van der Waals surface area (Å²) in [6, 6.07) is 28.8. The topological polar surface area (TPSA) is 75.7 Å². The van der Waals surface area contributed by atoms with E-state index in [9.17, 15) is 13.2 Å². The van der Waals surface area contributed by atoms with Gasteiger partial charge < -0.3 is 10.1 Å². The smallest absolute Gasteiger partial charge is 0.264 e. The zero-order valence-electron chi connectivity index (χ0n) is 22.8. The molecule has 0 saturated carbocycles. The number of nitrogens with zero attached hydrogens (tertiary/aromatic N) is 1. The second-order valence-electron chi connectivity index (χ2n) is 10.3. The minimum absolute atomic E-state index is 0.123. The summed E-state index contributed by atoms with van der Waals surface area (Å²) in [7, 11) is -4.02. The molecule has 1 aliphatic carbocycles. The predicted octanol–water partition coefficient (Wildman–Crippen LogP) is 6.74. The molecule has 4 aromatic rings. The number of hydrogen-bond acceptors (Lipinski definition) is 4. The molecule has 7 heteroatoms. The fourth-order valence-electron chi connectivity index (χ4n) is 4.98. The Labute approximate surface area is 236 Å². The molecule has 1 atom stereocenters. The van der Waals surface area contributed by atoms with Gasteiger partial charge in [-0.1, -0.05) is 54.1 Å². The van der Waals surface area contributed by atoms with Crippen LogP contribution in [0.25, 0.3) is 0 Å². The third-order valence-corrected chi connectivity index (χ3v) is 9.04. The van der Waals surface area contributed by atoms with Crippen LogP contribution in [0.15, 0.2) is 102 Å². The van der Waals surface area contributed by atoms with Crippen molar-refractivity contribution in [3.05, 3.63) is 119 Å². The van der Waals surface area contributed by atoms with Crippen LogP contribution < -0.4 is 14.4 Å². The maximum atomic E-state index is 13.8. The number of ether oxygens (including phenoxy) is 1. The Kier molecular flexibility index (Phi) is 8.21. The highest BCUT2D eigenvalue weighted by atomic mass is 32.2. The van der Waals surface area contributed by atoms with Gasteiger partial charge in [0.2, 0.25) is 5.91 Å². The largest absolute Gasteiger partial charge is 0.457 e. The summed E-state index contributed by atoms with van der Waals surface area (Å²) in [5.41, 5.74) is 5.06. The van der Waals surface area contributed by atoms with Crippen LogP contribution in [0.3, 0.4) is 0 Å². The Hall–Kier alpha value is -4.10. The lowest BCUT2D eigenvalue weighted by Gasteiger charge is -2.26. The molecule has 1 amide bonds. The molecule has 0 radical (unpaired) electrons. The Balaban J connectivity index is 1.38. The van der Waals surface area contributed by atoms with Gasteiger partial charge in [-0.05, 0) is 105 Å². The van der Waals surface area contributed by atoms with Crippen LogP contribution in [0.2, 0.25) is 0 Å². The van der Waals surface area contributed by atoms with Gasteiger partial charge in [0, 0.05) is 0 Å². The third kappa shape index (κ3) is 6.37. The van der Waals surface area contributed by atoms with Crippen molar-refractivity contribution in [3.63, 3.8) is 0 Å². The van der Waals surface area contributed by atoms with Crippen LogP contribution in [0.5, 0.6) is 11.5 Å². The fraction of sp³-hybridized carbons (Fsp3) is 0.242. The van der Waals surface area contributed by atoms with Gasteiger partial charge in [-0.3, -0.25) is 9.10 Å². The minimum Gasteiger partial charge on any atom is -0.457 e. The number of benzene rings is 4. The highest BCUT2D eigenvalue weighted by Crippen LogP contribution is 2.29. The fourth-order valence-corrected chi connectivity index (χ4v) is 6.40. The Bertz CT molecular complexity index is 1570. The summed E-state index contributed by atoms with van der Waals surface area (Å²) in [5.74, 6) is 0.855. The SMILES string of the molecule is Cc1ccc(S(=O)(=O)N(CC(=O)N[C@@H](C)c2ccc3c(c2)CCCC3)c2ccc(Oc3ccccc3)cc2)cc1. The van der Waals surface area contributed by atoms with Crippen molar-refractivity contribution in [1.82, 2.24) is 5.32 Å². The van der Waals surface area contributed by atoms with Gasteiger partial charge in [-0.25, -0.2) is 8.42 Å². The average Bonchev–Trinajstić information content (AvgIpc) is 2.97. The first-order valence-corrected chi connectivity index (χ1v) is 15.1. The summed E-state index contributed by atoms with van der Waals surface area (Å²) in [4.78, 5) is 13.4. The van der Waals surface area contributed by atoms with Crippen LogP contribution in [-0.4, -0.2) is 20.9 Å². The molecule has 0 unspecified atom stereocenters. The summed E-state index contributed by atoms with van der Waals surface area (Å²) in [5, 5.41) is 3.01. The Morgan fingerprint density at radius 1 is 0.850 bits per heavy atom. The number of hydrogen-bond donors (Lipinski definition) is 1. The van der Waals surface area contributed by atoms with Crippen LogP contribution in [-0.2, 0) is 27.7 Å². The molecule has 0 heterocycles. The van der Waals surface area contributed by atoms with Crippen molar-refractivity contribution in [2.24, 2.45) is 0 Å². The van der Waals surface area contributed by atoms with Gasteiger partial charge >= 0.3 is 0 Å². The van der Waals surface area contributed by atoms with E-state index >= 15 is 0 Å². The van der Waals surface area contributed by atoms with Gasteiger partial charge in [-0.2, -0.15) is 0 Å². The molecule has 206 valence electrons. The monoisotopic (exact) mass is 554 g/mol. The number of nitrogens with one attached hydrogen (secondary N) is 1. The lowest BCUT2D eigenvalue weighted by atomic mass is 9.89. The second-order valence-corrected chi connectivity index (χ2v) is 12.1. The van der Waals surface area contributed by atoms with Gasteiger partial charge in [0.15, 0.2) is 0 Å². The van der Waals surface area contributed by atoms with Crippen molar-refractivity contribution < 1.29 is 17.9 Å². The lowest BCUT2D eigenvalue weighted by molar-refractivity contribution is -0.120. The number of carbonyl (C=O) groups excluding carboxylic acids is 1. The van der Waals surface area contributed by atoms with Crippen molar-refractivity contribution in [3.8, 4) is 11.5 Å². The number of carbonyl (C=O) groups is 1. The lowest BCUT2D eigenvalue weighted by Crippen LogP contribution is -2.41. The predicted molar refractivity (Wildman–Crippen MR) is 158 cm³/mol. The third-order valence-electron chi connectivity index (χ3n) is 7.25. The van der Waals surface area contributed by atoms with E-state index in [1.165, 1.54) is 24.0 Å². The average molecular weight is 555 g/mol. The van der Waals surface area contributed by atoms with E-state index in [-0.39, 0.29) is 23.4 Å². The van der Waals surface area contributed by atoms with E-state index in [1.807, 2.05) is 44.2 Å². The number of amides is 1. The van der Waals surface area contributed by atoms with Crippen molar-refractivity contribution in [2.45, 2.75) is 50.5 Å². The van der Waals surface area contributed by atoms with Crippen molar-refractivity contribution >= 4 is 21.6 Å². The number of fused-ring (bicyclic) bond motifs is 1. The molecular weight excluding hydrogens is 520 g/mol. The van der Waals surface area contributed by atoms with Gasteiger partial charge in [0.05, 0.1) is 16.6 Å². The molecular formula is C33H34N2O4S. The number of anilines is 1. The normalized spacial score (nSPS) is 13.7. The summed E-state index contributed by atoms with van der Waals surface area (Å²) < 4.78 is 34.6. The molecule has 0 aromatic heterocycles. The van der Waals surface area contributed by atoms with Crippen molar-refractivity contribution in [1.29, 1.82) is 0 Å². The van der Waals surface area contributed by atoms with E-state index < -0.39 is 10.0 Å². The molecule has 0 saturated heterocycles. The van der Waals surface area contributed by atoms with E-state index in [4.69, 9.17) is 4.74 Å². The van der Waals surface area contributed by atoms with Gasteiger partial charge in [-0.15, -0.1) is 0 Å². The zero-order valence-corrected chi connectivity index (χ0v) is 23.7. The first-order valence-electron chi connectivity index (χ1n) is 13.6. The maximum absolute atomic E-state index is 13.8. The first kappa shape index (κ1) is 27.5. The minimum atomic E-state index is -4.02. The molecule has 0 spiro atoms. The van der Waals surface area contributed by atoms with E-state index in [2.05, 4.69) is 23.5 Å². The number of aryl methyl sites for hydroxylation is 3. The Morgan fingerprint density at radius 3 is 2.20 bits per heavy atom. The van der Waals surface area contributed by atoms with Gasteiger partial charge in [0.1, 0.15) is 18.0 Å². The summed E-state index contributed by atoms with van der Waals surface area (Å²) in [6.07, 6.45) is 4.54. The second kappa shape index (κ2) is 12.0. The molecule has 0 fully saturated rings. The Morgan fingerprint density at radius 2 is 1.50 bits per heavy atom. The standard InChI is InChI=1S/C33H34N2O4S/c1-24-12-20-32(21-13-24)40(37,38)35(29-16-18-31(19-17-29)39-30-10-4-3-5-11-30)23-33(36)34-25(2)27-15-14-26-8-6-7-9-28(26)22-27/h3-5,10-22,25H,6-9,23H2,1-2H3,(H,34,36)/t25-/m0/s1. The van der Waals surface area contributed by atoms with E-state index in [1.54, 1.807) is 48.5 Å². The van der Waals surface area contributed by atoms with Crippen molar-refractivity contribution in [2.75, 3.05) is 10.8 Å². The van der Waals surface area contributed by atoms with Crippen LogP contribution >= 0.6 is 0 Å². The van der Waals surface area contributed by atoms with Crippen LogP contribution in [0.4, 0.5) is 5.69 Å². The van der Waals surface area contributed by atoms with E-state index in [0.717, 1.165) is 28.3 Å². The maximum Gasteiger partial charge on any atom is 0.264 e. The zero-order chi connectivity index (χ0) is 28.1.